The van der Waals surface area contributed by atoms with Gasteiger partial charge in [-0.1, -0.05) is 42.5 Å². The minimum Gasteiger partial charge on any atom is -0.480 e. The second kappa shape index (κ2) is 15.3. The zero-order valence-corrected chi connectivity index (χ0v) is 25.3. The summed E-state index contributed by atoms with van der Waals surface area (Å²) in [7, 11) is 0. The molecule has 250 valence electrons. The SMILES string of the molecule is O=C(N[C@@H](CSCc1ccccc1)C(=O)O)/C(=C\c1cccc(C(F)(F)F)c1)NC(=O)C1CCN(c2nccc(C(F)(F)F)n2)CC1. The number of carboxylic acid groups (broad SMARTS) is 1. The van der Waals surface area contributed by atoms with Crippen molar-refractivity contribution >= 4 is 41.6 Å². The smallest absolute Gasteiger partial charge is 0.433 e. The van der Waals surface area contributed by atoms with Crippen LogP contribution < -0.4 is 15.5 Å². The molecule has 1 fully saturated rings. The van der Waals surface area contributed by atoms with Crippen LogP contribution in [0.4, 0.5) is 32.3 Å². The fourth-order valence-corrected chi connectivity index (χ4v) is 5.65. The van der Waals surface area contributed by atoms with Gasteiger partial charge in [-0.3, -0.25) is 9.59 Å². The van der Waals surface area contributed by atoms with E-state index in [1.54, 1.807) is 0 Å². The molecule has 4 rings (SSSR count). The van der Waals surface area contributed by atoms with Crippen LogP contribution in [0.15, 0.2) is 72.6 Å². The number of nitrogens with zero attached hydrogens (tertiary/aromatic N) is 3. The molecule has 1 atom stereocenters. The van der Waals surface area contributed by atoms with Gasteiger partial charge in [-0.05, 0) is 48.2 Å². The first-order valence-corrected chi connectivity index (χ1v) is 15.4. The summed E-state index contributed by atoms with van der Waals surface area (Å²) >= 11 is 1.24. The Morgan fingerprint density at radius 1 is 0.979 bits per heavy atom. The molecule has 2 amide bonds. The van der Waals surface area contributed by atoms with E-state index in [1.807, 2.05) is 30.3 Å². The van der Waals surface area contributed by atoms with Gasteiger partial charge in [0, 0.05) is 36.7 Å². The highest BCUT2D eigenvalue weighted by atomic mass is 32.2. The Hall–Kier alpha value is -4.60. The van der Waals surface area contributed by atoms with Gasteiger partial charge in [-0.2, -0.15) is 38.1 Å². The van der Waals surface area contributed by atoms with Crippen LogP contribution >= 0.6 is 11.8 Å². The van der Waals surface area contributed by atoms with Gasteiger partial charge in [0.2, 0.25) is 11.9 Å². The average Bonchev–Trinajstić information content (AvgIpc) is 3.04. The van der Waals surface area contributed by atoms with Crippen molar-refractivity contribution in [3.8, 4) is 0 Å². The van der Waals surface area contributed by atoms with Crippen molar-refractivity contribution in [3.63, 3.8) is 0 Å². The highest BCUT2D eigenvalue weighted by molar-refractivity contribution is 7.98. The van der Waals surface area contributed by atoms with Crippen LogP contribution in [0.25, 0.3) is 6.08 Å². The maximum Gasteiger partial charge on any atom is 0.433 e. The topological polar surface area (TPSA) is 125 Å². The number of aromatic nitrogens is 2. The molecule has 16 heteroatoms. The fraction of sp³-hybridized carbons (Fsp3) is 0.323. The molecular weight excluding hydrogens is 652 g/mol. The minimum absolute atomic E-state index is 0.0448. The van der Waals surface area contributed by atoms with E-state index in [4.69, 9.17) is 0 Å². The van der Waals surface area contributed by atoms with Crippen LogP contribution in [0.3, 0.4) is 0 Å². The van der Waals surface area contributed by atoms with E-state index in [1.165, 1.54) is 22.7 Å². The third-order valence-electron chi connectivity index (χ3n) is 7.11. The van der Waals surface area contributed by atoms with Crippen LogP contribution in [0, 0.1) is 5.92 Å². The molecular formula is C31H29F6N5O4S. The molecule has 9 nitrogen and oxygen atoms in total. The van der Waals surface area contributed by atoms with Crippen molar-refractivity contribution < 1.29 is 45.8 Å². The Balaban J connectivity index is 1.48. The van der Waals surface area contributed by atoms with Crippen molar-refractivity contribution in [1.29, 1.82) is 0 Å². The highest BCUT2D eigenvalue weighted by Crippen LogP contribution is 2.31. The number of thioether (sulfide) groups is 1. The van der Waals surface area contributed by atoms with E-state index < -0.39 is 59.1 Å². The molecule has 0 unspecified atom stereocenters. The van der Waals surface area contributed by atoms with Gasteiger partial charge < -0.3 is 20.6 Å². The molecule has 1 saturated heterocycles. The molecule has 3 N–H and O–H groups in total. The highest BCUT2D eigenvalue weighted by Gasteiger charge is 2.35. The quantitative estimate of drug-likeness (QED) is 0.182. The molecule has 0 aliphatic carbocycles. The molecule has 47 heavy (non-hydrogen) atoms. The number of anilines is 1. The predicted molar refractivity (Wildman–Crippen MR) is 162 cm³/mol. The van der Waals surface area contributed by atoms with Crippen molar-refractivity contribution in [2.24, 2.45) is 5.92 Å². The van der Waals surface area contributed by atoms with E-state index in [-0.39, 0.29) is 43.2 Å². The lowest BCUT2D eigenvalue weighted by atomic mass is 9.96. The molecule has 2 aromatic carbocycles. The van der Waals surface area contributed by atoms with Gasteiger partial charge in [0.1, 0.15) is 17.4 Å². The van der Waals surface area contributed by atoms with E-state index in [2.05, 4.69) is 20.6 Å². The standard InChI is InChI=1S/C31H29F6N5O4S/c32-30(33,34)22-8-4-7-20(15-22)16-23(27(44)40-24(28(45)46)18-47-17-19-5-2-1-3-6-19)39-26(43)21-10-13-42(14-11-21)29-38-12-9-25(41-29)31(35,36)37/h1-9,12,15-16,21,24H,10-11,13-14,17-18H2,(H,39,43)(H,40,44)(H,45,46)/b23-16+/t24-/m0/s1. The van der Waals surface area contributed by atoms with Gasteiger partial charge in [0.05, 0.1) is 5.56 Å². The maximum atomic E-state index is 13.3. The lowest BCUT2D eigenvalue weighted by molar-refractivity contribution is -0.141. The number of carboxylic acids is 1. The zero-order chi connectivity index (χ0) is 34.2. The summed E-state index contributed by atoms with van der Waals surface area (Å²) in [5.41, 5.74) is -1.74. The van der Waals surface area contributed by atoms with Gasteiger partial charge in [-0.25, -0.2) is 14.8 Å². The molecule has 0 spiro atoms. The van der Waals surface area contributed by atoms with Crippen molar-refractivity contribution in [2.45, 2.75) is 37.0 Å². The number of carbonyl (C=O) groups excluding carboxylic acids is 2. The number of nitrogens with one attached hydrogen (secondary N) is 2. The molecule has 3 aromatic rings. The lowest BCUT2D eigenvalue weighted by Gasteiger charge is -2.31. The third kappa shape index (κ3) is 10.2. The van der Waals surface area contributed by atoms with Crippen molar-refractivity contribution in [2.75, 3.05) is 23.7 Å². The number of carbonyl (C=O) groups is 3. The van der Waals surface area contributed by atoms with Crippen LogP contribution in [-0.4, -0.2) is 57.7 Å². The second-order valence-corrected chi connectivity index (χ2v) is 11.6. The van der Waals surface area contributed by atoms with E-state index in [9.17, 15) is 45.8 Å². The van der Waals surface area contributed by atoms with Crippen LogP contribution in [0.5, 0.6) is 0 Å². The first kappa shape index (κ1) is 35.3. The average molecular weight is 682 g/mol. The third-order valence-corrected chi connectivity index (χ3v) is 8.22. The van der Waals surface area contributed by atoms with Gasteiger partial charge in [-0.15, -0.1) is 0 Å². The van der Waals surface area contributed by atoms with Crippen molar-refractivity contribution in [1.82, 2.24) is 20.6 Å². The molecule has 0 radical (unpaired) electrons. The summed E-state index contributed by atoms with van der Waals surface area (Å²) in [6.45, 7) is 0.218. The Morgan fingerprint density at radius 3 is 2.32 bits per heavy atom. The first-order valence-electron chi connectivity index (χ1n) is 14.2. The predicted octanol–water partition coefficient (Wildman–Crippen LogP) is 5.39. The van der Waals surface area contributed by atoms with E-state index >= 15 is 0 Å². The Bertz CT molecular complexity index is 1590. The van der Waals surface area contributed by atoms with E-state index in [0.29, 0.717) is 5.75 Å². The molecule has 0 saturated carbocycles. The minimum atomic E-state index is -4.68. The number of halogens is 6. The van der Waals surface area contributed by atoms with Crippen LogP contribution in [0.1, 0.15) is 35.2 Å². The Morgan fingerprint density at radius 2 is 1.68 bits per heavy atom. The Labute approximate surface area is 269 Å². The van der Waals surface area contributed by atoms with Crippen LogP contribution in [0.2, 0.25) is 0 Å². The molecule has 1 aliphatic rings. The summed E-state index contributed by atoms with van der Waals surface area (Å²) < 4.78 is 79.3. The summed E-state index contributed by atoms with van der Waals surface area (Å²) in [5, 5.41) is 14.5. The van der Waals surface area contributed by atoms with Gasteiger partial charge in [0.15, 0.2) is 0 Å². The maximum absolute atomic E-state index is 13.3. The molecule has 1 aromatic heterocycles. The lowest BCUT2D eigenvalue weighted by Crippen LogP contribution is -2.47. The number of alkyl halides is 6. The number of aliphatic carboxylic acids is 1. The number of rotatable bonds is 11. The molecule has 2 heterocycles. The number of benzene rings is 2. The zero-order valence-electron chi connectivity index (χ0n) is 24.5. The van der Waals surface area contributed by atoms with Crippen molar-refractivity contribution in [3.05, 3.63) is 94.9 Å². The fourth-order valence-electron chi connectivity index (χ4n) is 4.64. The second-order valence-electron chi connectivity index (χ2n) is 10.5. The summed E-state index contributed by atoms with van der Waals surface area (Å²) in [5.74, 6) is -3.54. The number of hydrogen-bond donors (Lipinski definition) is 3. The van der Waals surface area contributed by atoms with E-state index in [0.717, 1.165) is 42.1 Å². The number of piperidine rings is 1. The summed E-state index contributed by atoms with van der Waals surface area (Å²) in [6.07, 6.45) is -7.08. The normalized spacial score (nSPS) is 15.2. The van der Waals surface area contributed by atoms with Crippen LogP contribution in [-0.2, 0) is 32.5 Å². The molecule has 0 bridgehead atoms. The summed E-state index contributed by atoms with van der Waals surface area (Å²) in [4.78, 5) is 47.5. The molecule has 1 aliphatic heterocycles. The van der Waals surface area contributed by atoms with Gasteiger partial charge >= 0.3 is 18.3 Å². The largest absolute Gasteiger partial charge is 0.480 e. The van der Waals surface area contributed by atoms with Gasteiger partial charge in [0.25, 0.3) is 5.91 Å². The number of hydrogen-bond acceptors (Lipinski definition) is 7. The monoisotopic (exact) mass is 681 g/mol. The number of amides is 2. The Kier molecular flexibility index (Phi) is 11.5. The first-order chi connectivity index (χ1) is 22.2. The summed E-state index contributed by atoms with van der Waals surface area (Å²) in [6, 6.07) is 12.5.